The van der Waals surface area contributed by atoms with E-state index in [1.165, 1.54) is 5.56 Å². The SMILES string of the molecule is CCCNC(Cc1ccc(Cl)c(Cl)c1)C1OCCC1C. The van der Waals surface area contributed by atoms with Crippen LogP contribution in [0, 0.1) is 5.92 Å². The maximum atomic E-state index is 6.11. The molecule has 4 heteroatoms. The Bertz CT molecular complexity index is 438. The molecule has 20 heavy (non-hydrogen) atoms. The maximum absolute atomic E-state index is 6.11. The van der Waals surface area contributed by atoms with Crippen LogP contribution in [0.1, 0.15) is 32.3 Å². The van der Waals surface area contributed by atoms with Gasteiger partial charge in [-0.3, -0.25) is 0 Å². The van der Waals surface area contributed by atoms with Crippen LogP contribution in [0.4, 0.5) is 0 Å². The van der Waals surface area contributed by atoms with Gasteiger partial charge in [0.15, 0.2) is 0 Å². The quantitative estimate of drug-likeness (QED) is 0.843. The first-order valence-electron chi connectivity index (χ1n) is 7.40. The minimum Gasteiger partial charge on any atom is -0.376 e. The summed E-state index contributed by atoms with van der Waals surface area (Å²) in [4.78, 5) is 0. The zero-order valence-corrected chi connectivity index (χ0v) is 13.7. The van der Waals surface area contributed by atoms with Crippen LogP contribution in [0.2, 0.25) is 10.0 Å². The molecule has 1 saturated heterocycles. The Balaban J connectivity index is 2.08. The molecule has 1 aliphatic rings. The van der Waals surface area contributed by atoms with Gasteiger partial charge in [-0.25, -0.2) is 0 Å². The molecule has 1 aliphatic heterocycles. The zero-order valence-electron chi connectivity index (χ0n) is 12.2. The van der Waals surface area contributed by atoms with Gasteiger partial charge < -0.3 is 10.1 Å². The van der Waals surface area contributed by atoms with Gasteiger partial charge in [0.05, 0.1) is 16.1 Å². The van der Waals surface area contributed by atoms with Crippen LogP contribution < -0.4 is 5.32 Å². The van der Waals surface area contributed by atoms with Crippen LogP contribution in [0.15, 0.2) is 18.2 Å². The van der Waals surface area contributed by atoms with E-state index in [4.69, 9.17) is 27.9 Å². The summed E-state index contributed by atoms with van der Waals surface area (Å²) < 4.78 is 5.93. The molecule has 2 nitrogen and oxygen atoms in total. The van der Waals surface area contributed by atoms with Gasteiger partial charge in [-0.1, -0.05) is 43.1 Å². The van der Waals surface area contributed by atoms with Crippen LogP contribution in [0.3, 0.4) is 0 Å². The first kappa shape index (κ1) is 16.1. The van der Waals surface area contributed by atoms with Crippen molar-refractivity contribution in [1.82, 2.24) is 5.32 Å². The first-order chi connectivity index (χ1) is 9.61. The molecule has 112 valence electrons. The molecule has 3 unspecified atom stereocenters. The molecule has 0 spiro atoms. The fourth-order valence-electron chi connectivity index (χ4n) is 2.79. The number of benzene rings is 1. The molecule has 1 fully saturated rings. The van der Waals surface area contributed by atoms with Crippen molar-refractivity contribution in [2.75, 3.05) is 13.2 Å². The van der Waals surface area contributed by atoms with Gasteiger partial charge in [-0.05, 0) is 49.4 Å². The Morgan fingerprint density at radius 1 is 1.35 bits per heavy atom. The summed E-state index contributed by atoms with van der Waals surface area (Å²) in [5.74, 6) is 0.604. The van der Waals surface area contributed by atoms with Gasteiger partial charge in [-0.15, -0.1) is 0 Å². The van der Waals surface area contributed by atoms with Gasteiger partial charge in [-0.2, -0.15) is 0 Å². The lowest BCUT2D eigenvalue weighted by molar-refractivity contribution is 0.0610. The van der Waals surface area contributed by atoms with E-state index in [2.05, 4.69) is 25.2 Å². The average Bonchev–Trinajstić information content (AvgIpc) is 2.85. The summed E-state index contributed by atoms with van der Waals surface area (Å²) in [6.45, 7) is 6.34. The highest BCUT2D eigenvalue weighted by atomic mass is 35.5. The Labute approximate surface area is 131 Å². The topological polar surface area (TPSA) is 21.3 Å². The second-order valence-electron chi connectivity index (χ2n) is 5.61. The molecule has 0 aliphatic carbocycles. The predicted octanol–water partition coefficient (Wildman–Crippen LogP) is 4.33. The molecule has 3 atom stereocenters. The molecule has 1 aromatic carbocycles. The maximum Gasteiger partial charge on any atom is 0.0757 e. The van der Waals surface area contributed by atoms with Crippen LogP contribution in [-0.2, 0) is 11.2 Å². The lowest BCUT2D eigenvalue weighted by atomic mass is 9.93. The highest BCUT2D eigenvalue weighted by Gasteiger charge is 2.31. The van der Waals surface area contributed by atoms with Crippen LogP contribution >= 0.6 is 23.2 Å². The Hall–Kier alpha value is -0.280. The molecule has 0 amide bonds. The number of nitrogens with one attached hydrogen (secondary N) is 1. The molecule has 2 rings (SSSR count). The highest BCUT2D eigenvalue weighted by Crippen LogP contribution is 2.27. The summed E-state index contributed by atoms with van der Waals surface area (Å²) in [5, 5.41) is 4.86. The zero-order chi connectivity index (χ0) is 14.5. The van der Waals surface area contributed by atoms with Crippen molar-refractivity contribution < 1.29 is 4.74 Å². The Morgan fingerprint density at radius 3 is 2.75 bits per heavy atom. The average molecular weight is 316 g/mol. The van der Waals surface area contributed by atoms with E-state index in [1.54, 1.807) is 0 Å². The number of hydrogen-bond donors (Lipinski definition) is 1. The second-order valence-corrected chi connectivity index (χ2v) is 6.43. The summed E-state index contributed by atoms with van der Waals surface area (Å²) in [5.41, 5.74) is 1.20. The van der Waals surface area contributed by atoms with E-state index in [9.17, 15) is 0 Å². The number of halogens is 2. The van der Waals surface area contributed by atoms with Gasteiger partial charge >= 0.3 is 0 Å². The van der Waals surface area contributed by atoms with E-state index in [1.807, 2.05) is 12.1 Å². The fraction of sp³-hybridized carbons (Fsp3) is 0.625. The third kappa shape index (κ3) is 4.11. The Kier molecular flexibility index (Phi) is 6.16. The first-order valence-corrected chi connectivity index (χ1v) is 8.16. The lowest BCUT2D eigenvalue weighted by Gasteiger charge is -2.27. The van der Waals surface area contributed by atoms with Crippen molar-refractivity contribution in [2.45, 2.75) is 45.3 Å². The van der Waals surface area contributed by atoms with Crippen molar-refractivity contribution in [1.29, 1.82) is 0 Å². The van der Waals surface area contributed by atoms with E-state index < -0.39 is 0 Å². The Morgan fingerprint density at radius 2 is 2.15 bits per heavy atom. The third-order valence-corrected chi connectivity index (χ3v) is 4.68. The number of ether oxygens (including phenoxy) is 1. The molecule has 0 saturated carbocycles. The van der Waals surface area contributed by atoms with Crippen molar-refractivity contribution in [3.05, 3.63) is 33.8 Å². The smallest absolute Gasteiger partial charge is 0.0757 e. The molecule has 1 N–H and O–H groups in total. The summed E-state index contributed by atoms with van der Waals surface area (Å²) in [6.07, 6.45) is 3.48. The van der Waals surface area contributed by atoms with Gasteiger partial charge in [0, 0.05) is 12.6 Å². The molecular weight excluding hydrogens is 293 g/mol. The predicted molar refractivity (Wildman–Crippen MR) is 85.8 cm³/mol. The van der Waals surface area contributed by atoms with E-state index >= 15 is 0 Å². The molecule has 0 bridgehead atoms. The fourth-order valence-corrected chi connectivity index (χ4v) is 3.11. The largest absolute Gasteiger partial charge is 0.376 e. The van der Waals surface area contributed by atoms with Gasteiger partial charge in [0.1, 0.15) is 0 Å². The van der Waals surface area contributed by atoms with Gasteiger partial charge in [0.2, 0.25) is 0 Å². The molecular formula is C16H23Cl2NO. The van der Waals surface area contributed by atoms with Crippen LogP contribution in [0.25, 0.3) is 0 Å². The monoisotopic (exact) mass is 315 g/mol. The number of hydrogen-bond acceptors (Lipinski definition) is 2. The highest BCUT2D eigenvalue weighted by molar-refractivity contribution is 6.42. The summed E-state index contributed by atoms with van der Waals surface area (Å²) in [6, 6.07) is 6.22. The molecule has 0 aromatic heterocycles. The second kappa shape index (κ2) is 7.65. The van der Waals surface area contributed by atoms with Crippen LogP contribution in [-0.4, -0.2) is 25.3 Å². The van der Waals surface area contributed by atoms with Crippen molar-refractivity contribution in [3.63, 3.8) is 0 Å². The van der Waals surface area contributed by atoms with Crippen LogP contribution in [0.5, 0.6) is 0 Å². The third-order valence-electron chi connectivity index (χ3n) is 3.94. The standard InChI is InChI=1S/C16H23Cl2NO/c1-3-7-19-15(16-11(2)6-8-20-16)10-12-4-5-13(17)14(18)9-12/h4-5,9,11,15-16,19H,3,6-8,10H2,1-2H3. The molecule has 1 aromatic rings. The summed E-state index contributed by atoms with van der Waals surface area (Å²) in [7, 11) is 0. The van der Waals surface area contributed by atoms with E-state index in [0.29, 0.717) is 22.0 Å². The normalized spacial score (nSPS) is 24.0. The van der Waals surface area contributed by atoms with Crippen molar-refractivity contribution in [3.8, 4) is 0 Å². The van der Waals surface area contributed by atoms with Gasteiger partial charge in [0.25, 0.3) is 0 Å². The lowest BCUT2D eigenvalue weighted by Crippen LogP contribution is -2.44. The minimum atomic E-state index is 0.288. The molecule has 1 heterocycles. The summed E-state index contributed by atoms with van der Waals surface area (Å²) >= 11 is 12.1. The van der Waals surface area contributed by atoms with E-state index in [-0.39, 0.29) is 6.10 Å². The molecule has 0 radical (unpaired) electrons. The minimum absolute atomic E-state index is 0.288. The van der Waals surface area contributed by atoms with E-state index in [0.717, 1.165) is 32.4 Å². The number of rotatable bonds is 6. The van der Waals surface area contributed by atoms with Crippen molar-refractivity contribution in [2.24, 2.45) is 5.92 Å². The van der Waals surface area contributed by atoms with Crippen molar-refractivity contribution >= 4 is 23.2 Å².